The van der Waals surface area contributed by atoms with Crippen LogP contribution in [0.1, 0.15) is 15.4 Å². The largest absolute Gasteiger partial charge is 0.477 e. The van der Waals surface area contributed by atoms with Crippen LogP contribution in [0.25, 0.3) is 16.2 Å². The minimum absolute atomic E-state index is 0.185. The van der Waals surface area contributed by atoms with Gasteiger partial charge >= 0.3 is 5.97 Å². The van der Waals surface area contributed by atoms with Gasteiger partial charge in [0.15, 0.2) is 4.96 Å². The number of benzene rings is 1. The third-order valence-electron chi connectivity index (χ3n) is 2.90. The van der Waals surface area contributed by atoms with E-state index < -0.39 is 5.97 Å². The highest BCUT2D eigenvalue weighted by Gasteiger charge is 2.18. The number of carboxylic acids is 1. The highest BCUT2D eigenvalue weighted by Crippen LogP contribution is 2.29. The molecule has 0 aliphatic heterocycles. The van der Waals surface area contributed by atoms with Gasteiger partial charge in [-0.15, -0.1) is 0 Å². The van der Waals surface area contributed by atoms with E-state index in [0.29, 0.717) is 21.4 Å². The quantitative estimate of drug-likeness (QED) is 0.780. The number of hydrogen-bond donors (Lipinski definition) is 2. The zero-order valence-corrected chi connectivity index (χ0v) is 11.6. The maximum Gasteiger partial charge on any atom is 0.347 e. The molecule has 0 fully saturated rings. The summed E-state index contributed by atoms with van der Waals surface area (Å²) in [4.78, 5) is 16.1. The van der Waals surface area contributed by atoms with Crippen LogP contribution < -0.4 is 0 Å². The number of aromatic nitrogens is 2. The van der Waals surface area contributed by atoms with E-state index in [-0.39, 0.29) is 11.5 Å². The molecule has 20 heavy (non-hydrogen) atoms. The molecule has 0 radical (unpaired) electrons. The first-order chi connectivity index (χ1) is 9.60. The standard InChI is InChI=1S/C13H9ClN2O3S/c14-8-3-1-7(2-4-8)11-9(6-17)16-5-10(12(18)19)20-13(16)15-11/h1-5,17H,6H2,(H,18,19). The first-order valence-corrected chi connectivity index (χ1v) is 6.90. The molecule has 0 aliphatic carbocycles. The van der Waals surface area contributed by atoms with E-state index >= 15 is 0 Å². The zero-order valence-electron chi connectivity index (χ0n) is 10.1. The molecule has 0 unspecified atom stereocenters. The fourth-order valence-electron chi connectivity index (χ4n) is 1.98. The number of imidazole rings is 1. The van der Waals surface area contributed by atoms with Crippen molar-refractivity contribution in [3.05, 3.63) is 46.1 Å². The number of fused-ring (bicyclic) bond motifs is 1. The average Bonchev–Trinajstić information content (AvgIpc) is 2.96. The van der Waals surface area contributed by atoms with Crippen molar-refractivity contribution in [2.45, 2.75) is 6.61 Å². The van der Waals surface area contributed by atoms with E-state index in [1.165, 1.54) is 6.20 Å². The van der Waals surface area contributed by atoms with Gasteiger partial charge in [0.1, 0.15) is 4.88 Å². The Bertz CT molecular complexity index is 792. The monoisotopic (exact) mass is 308 g/mol. The number of carboxylic acid groups (broad SMARTS) is 1. The van der Waals surface area contributed by atoms with Gasteiger partial charge in [-0.3, -0.25) is 4.40 Å². The summed E-state index contributed by atoms with van der Waals surface area (Å²) in [7, 11) is 0. The molecule has 1 aromatic carbocycles. The maximum absolute atomic E-state index is 11.0. The summed E-state index contributed by atoms with van der Waals surface area (Å²) in [6.45, 7) is -0.227. The van der Waals surface area contributed by atoms with Crippen LogP contribution in [0.3, 0.4) is 0 Å². The molecule has 3 rings (SSSR count). The van der Waals surface area contributed by atoms with Gasteiger partial charge in [-0.2, -0.15) is 0 Å². The summed E-state index contributed by atoms with van der Waals surface area (Å²) in [5, 5.41) is 19.1. The predicted octanol–water partition coefficient (Wildman–Crippen LogP) is 2.91. The molecule has 0 saturated carbocycles. The summed E-state index contributed by atoms with van der Waals surface area (Å²) < 4.78 is 1.61. The number of thiazole rings is 1. The third-order valence-corrected chi connectivity index (χ3v) is 4.13. The van der Waals surface area contributed by atoms with Crippen LogP contribution in [-0.4, -0.2) is 25.6 Å². The highest BCUT2D eigenvalue weighted by atomic mass is 35.5. The van der Waals surface area contributed by atoms with Crippen LogP contribution in [0.15, 0.2) is 30.5 Å². The number of halogens is 1. The Kier molecular flexibility index (Phi) is 3.21. The predicted molar refractivity (Wildman–Crippen MR) is 76.4 cm³/mol. The number of rotatable bonds is 3. The Balaban J connectivity index is 2.18. The first kappa shape index (κ1) is 13.1. The smallest absolute Gasteiger partial charge is 0.347 e. The lowest BCUT2D eigenvalue weighted by atomic mass is 10.1. The molecular formula is C13H9ClN2O3S. The average molecular weight is 309 g/mol. The van der Waals surface area contributed by atoms with Gasteiger partial charge in [0.2, 0.25) is 0 Å². The van der Waals surface area contributed by atoms with Crippen molar-refractivity contribution >= 4 is 33.9 Å². The molecule has 0 bridgehead atoms. The highest BCUT2D eigenvalue weighted by molar-refractivity contribution is 7.18. The van der Waals surface area contributed by atoms with Crippen molar-refractivity contribution in [2.24, 2.45) is 0 Å². The van der Waals surface area contributed by atoms with E-state index in [1.807, 2.05) is 12.1 Å². The van der Waals surface area contributed by atoms with E-state index in [0.717, 1.165) is 16.9 Å². The molecule has 102 valence electrons. The lowest BCUT2D eigenvalue weighted by Gasteiger charge is -2.01. The number of aromatic carboxylic acids is 1. The van der Waals surface area contributed by atoms with Gasteiger partial charge in [0, 0.05) is 16.8 Å². The number of carbonyl (C=O) groups is 1. The number of hydrogen-bond acceptors (Lipinski definition) is 4. The third kappa shape index (κ3) is 2.07. The van der Waals surface area contributed by atoms with Crippen molar-refractivity contribution in [3.63, 3.8) is 0 Å². The molecule has 7 heteroatoms. The maximum atomic E-state index is 11.0. The van der Waals surface area contributed by atoms with E-state index in [9.17, 15) is 9.90 Å². The van der Waals surface area contributed by atoms with E-state index in [1.54, 1.807) is 16.5 Å². The molecule has 0 spiro atoms. The Morgan fingerprint density at radius 2 is 2.05 bits per heavy atom. The molecule has 3 aromatic rings. The van der Waals surface area contributed by atoms with E-state index in [4.69, 9.17) is 16.7 Å². The van der Waals surface area contributed by atoms with Gasteiger partial charge in [-0.1, -0.05) is 35.1 Å². The molecule has 0 atom stereocenters. The Hall–Kier alpha value is -1.89. The van der Waals surface area contributed by atoms with Gasteiger partial charge in [0.05, 0.1) is 18.0 Å². The molecule has 2 N–H and O–H groups in total. The lowest BCUT2D eigenvalue weighted by Crippen LogP contribution is -1.95. The summed E-state index contributed by atoms with van der Waals surface area (Å²) >= 11 is 6.92. The minimum Gasteiger partial charge on any atom is -0.477 e. The van der Waals surface area contributed by atoms with Crippen LogP contribution in [0.5, 0.6) is 0 Å². The molecule has 0 aliphatic rings. The molecule has 2 aromatic heterocycles. The summed E-state index contributed by atoms with van der Waals surface area (Å²) in [6, 6.07) is 7.11. The van der Waals surface area contributed by atoms with Crippen molar-refractivity contribution in [3.8, 4) is 11.3 Å². The second kappa shape index (κ2) is 4.90. The van der Waals surface area contributed by atoms with Crippen molar-refractivity contribution in [1.82, 2.24) is 9.38 Å². The lowest BCUT2D eigenvalue weighted by molar-refractivity contribution is 0.0701. The minimum atomic E-state index is -1.00. The molecule has 0 amide bonds. The SMILES string of the molecule is O=C(O)c1cn2c(CO)c(-c3ccc(Cl)cc3)nc2s1. The van der Waals surface area contributed by atoms with Crippen LogP contribution in [0.4, 0.5) is 0 Å². The van der Waals surface area contributed by atoms with Crippen LogP contribution in [0.2, 0.25) is 5.02 Å². The first-order valence-electron chi connectivity index (χ1n) is 5.71. The molecule has 5 nitrogen and oxygen atoms in total. The molecular weight excluding hydrogens is 300 g/mol. The summed E-state index contributed by atoms with van der Waals surface area (Å²) in [5.74, 6) is -1.00. The zero-order chi connectivity index (χ0) is 14.3. The summed E-state index contributed by atoms with van der Waals surface area (Å²) in [5.41, 5.74) is 2.02. The van der Waals surface area contributed by atoms with Gasteiger partial charge in [-0.05, 0) is 12.1 Å². The second-order valence-corrected chi connectivity index (χ2v) is 5.57. The summed E-state index contributed by atoms with van der Waals surface area (Å²) in [6.07, 6.45) is 1.47. The van der Waals surface area contributed by atoms with Crippen molar-refractivity contribution in [1.29, 1.82) is 0 Å². The Labute approximate surface area is 122 Å². The van der Waals surface area contributed by atoms with Crippen LogP contribution in [0, 0.1) is 0 Å². The number of nitrogens with zero attached hydrogens (tertiary/aromatic N) is 2. The normalized spacial score (nSPS) is 11.1. The second-order valence-electron chi connectivity index (χ2n) is 4.13. The fraction of sp³-hybridized carbons (Fsp3) is 0.0769. The molecule has 2 heterocycles. The van der Waals surface area contributed by atoms with Crippen molar-refractivity contribution < 1.29 is 15.0 Å². The van der Waals surface area contributed by atoms with Gasteiger partial charge in [-0.25, -0.2) is 9.78 Å². The fourth-order valence-corrected chi connectivity index (χ4v) is 2.95. The topological polar surface area (TPSA) is 74.8 Å². The van der Waals surface area contributed by atoms with Crippen molar-refractivity contribution in [2.75, 3.05) is 0 Å². The van der Waals surface area contributed by atoms with Crippen LogP contribution >= 0.6 is 22.9 Å². The van der Waals surface area contributed by atoms with E-state index in [2.05, 4.69) is 4.98 Å². The van der Waals surface area contributed by atoms with Gasteiger partial charge in [0.25, 0.3) is 0 Å². The Morgan fingerprint density at radius 1 is 1.35 bits per heavy atom. The van der Waals surface area contributed by atoms with Gasteiger partial charge < -0.3 is 10.2 Å². The molecule has 0 saturated heterocycles. The van der Waals surface area contributed by atoms with Crippen LogP contribution in [-0.2, 0) is 6.61 Å². The Morgan fingerprint density at radius 3 is 2.65 bits per heavy atom. The number of aliphatic hydroxyl groups excluding tert-OH is 1. The number of aliphatic hydroxyl groups is 1.